The van der Waals surface area contributed by atoms with Crippen LogP contribution in [-0.4, -0.2) is 16.1 Å². The van der Waals surface area contributed by atoms with Crippen molar-refractivity contribution < 1.29 is 23.1 Å². The summed E-state index contributed by atoms with van der Waals surface area (Å²) < 4.78 is 38.0. The van der Waals surface area contributed by atoms with Gasteiger partial charge >= 0.3 is 5.97 Å². The minimum absolute atomic E-state index is 0.506. The number of nitrogens with zero attached hydrogens (tertiary/aromatic N) is 1. The maximum atomic E-state index is 13.0. The van der Waals surface area contributed by atoms with Gasteiger partial charge in [-0.2, -0.15) is 0 Å². The zero-order valence-electron chi connectivity index (χ0n) is 7.38. The van der Waals surface area contributed by atoms with Gasteiger partial charge in [-0.05, 0) is 0 Å². The third kappa shape index (κ3) is 2.07. The van der Waals surface area contributed by atoms with Crippen LogP contribution in [0.2, 0.25) is 0 Å². The van der Waals surface area contributed by atoms with Crippen LogP contribution < -0.4 is 5.73 Å². The smallest absolute Gasteiger partial charge is 0.355 e. The van der Waals surface area contributed by atoms with Gasteiger partial charge in [0.15, 0.2) is 5.69 Å². The lowest BCUT2D eigenvalue weighted by molar-refractivity contribution is 0.0676. The van der Waals surface area contributed by atoms with Crippen molar-refractivity contribution in [1.29, 1.82) is 0 Å². The fourth-order valence-electron chi connectivity index (χ4n) is 1.15. The first-order valence-corrected chi connectivity index (χ1v) is 3.87. The van der Waals surface area contributed by atoms with Crippen LogP contribution in [0.1, 0.15) is 28.0 Å². The van der Waals surface area contributed by atoms with Crippen LogP contribution in [0.4, 0.5) is 13.2 Å². The molecule has 0 aromatic carbocycles. The lowest BCUT2D eigenvalue weighted by Crippen LogP contribution is -2.13. The van der Waals surface area contributed by atoms with E-state index in [2.05, 4.69) is 4.98 Å². The van der Waals surface area contributed by atoms with Crippen molar-refractivity contribution in [2.24, 2.45) is 5.73 Å². The normalized spacial score (nSPS) is 10.7. The number of halogens is 3. The van der Waals surface area contributed by atoms with Crippen molar-refractivity contribution in [3.8, 4) is 0 Å². The molecule has 0 spiro atoms. The average molecular weight is 220 g/mol. The van der Waals surface area contributed by atoms with Crippen LogP contribution in [-0.2, 0) is 6.54 Å². The molecule has 0 saturated carbocycles. The van der Waals surface area contributed by atoms with Crippen LogP contribution >= 0.6 is 0 Å². The Morgan fingerprint density at radius 1 is 1.60 bits per heavy atom. The zero-order valence-corrected chi connectivity index (χ0v) is 7.38. The molecule has 0 fully saturated rings. The molecule has 0 unspecified atom stereocenters. The van der Waals surface area contributed by atoms with E-state index < -0.39 is 41.6 Å². The number of nitrogens with two attached hydrogens (primary N) is 1. The highest BCUT2D eigenvalue weighted by molar-refractivity contribution is 5.87. The Labute approximate surface area is 82.5 Å². The number of carboxylic acid groups (broad SMARTS) is 1. The van der Waals surface area contributed by atoms with Gasteiger partial charge in [0.25, 0.3) is 6.43 Å². The standard InChI is InChI=1S/C8H7F3N2O2/c9-4-2-13-6(8(14)15)5(7(10)11)3(4)1-12/h2,7H,1,12H2,(H,14,15). The summed E-state index contributed by atoms with van der Waals surface area (Å²) in [6.07, 6.45) is -2.56. The Morgan fingerprint density at radius 2 is 2.20 bits per heavy atom. The highest BCUT2D eigenvalue weighted by Crippen LogP contribution is 2.27. The summed E-state index contributed by atoms with van der Waals surface area (Å²) in [7, 11) is 0. The summed E-state index contributed by atoms with van der Waals surface area (Å²) in [5.41, 5.74) is 2.73. The molecule has 82 valence electrons. The zero-order chi connectivity index (χ0) is 11.6. The molecular formula is C8H7F3N2O2. The first kappa shape index (κ1) is 11.4. The predicted molar refractivity (Wildman–Crippen MR) is 44.0 cm³/mol. The minimum atomic E-state index is -3.13. The fraction of sp³-hybridized carbons (Fsp3) is 0.250. The molecule has 0 aliphatic heterocycles. The summed E-state index contributed by atoms with van der Waals surface area (Å²) in [5.74, 6) is -2.67. The van der Waals surface area contributed by atoms with E-state index in [1.54, 1.807) is 0 Å². The second-order valence-corrected chi connectivity index (χ2v) is 2.66. The van der Waals surface area contributed by atoms with Crippen molar-refractivity contribution in [1.82, 2.24) is 4.98 Å². The number of rotatable bonds is 3. The summed E-state index contributed by atoms with van der Waals surface area (Å²) in [5, 5.41) is 8.57. The van der Waals surface area contributed by atoms with E-state index in [0.717, 1.165) is 0 Å². The minimum Gasteiger partial charge on any atom is -0.476 e. The third-order valence-corrected chi connectivity index (χ3v) is 1.80. The topological polar surface area (TPSA) is 76.2 Å². The van der Waals surface area contributed by atoms with Gasteiger partial charge in [0, 0.05) is 12.1 Å². The molecule has 0 aliphatic rings. The van der Waals surface area contributed by atoms with Gasteiger partial charge in [0.2, 0.25) is 0 Å². The number of carbonyl (C=O) groups is 1. The molecule has 1 aromatic heterocycles. The van der Waals surface area contributed by atoms with Crippen molar-refractivity contribution in [2.75, 3.05) is 0 Å². The molecule has 1 rings (SSSR count). The third-order valence-electron chi connectivity index (χ3n) is 1.80. The van der Waals surface area contributed by atoms with Gasteiger partial charge in [0.1, 0.15) is 5.82 Å². The van der Waals surface area contributed by atoms with E-state index in [9.17, 15) is 18.0 Å². The van der Waals surface area contributed by atoms with Gasteiger partial charge in [-0.3, -0.25) is 0 Å². The molecule has 4 nitrogen and oxygen atoms in total. The number of aromatic carboxylic acids is 1. The van der Waals surface area contributed by atoms with Crippen LogP contribution in [0.15, 0.2) is 6.20 Å². The van der Waals surface area contributed by atoms with Gasteiger partial charge in [-0.15, -0.1) is 0 Å². The highest BCUT2D eigenvalue weighted by Gasteiger charge is 2.25. The molecule has 7 heteroatoms. The lowest BCUT2D eigenvalue weighted by Gasteiger charge is -2.10. The number of pyridine rings is 1. The van der Waals surface area contributed by atoms with Crippen molar-refractivity contribution in [3.05, 3.63) is 28.8 Å². The van der Waals surface area contributed by atoms with Crippen molar-refractivity contribution >= 4 is 5.97 Å². The monoisotopic (exact) mass is 220 g/mol. The molecule has 1 heterocycles. The number of alkyl halides is 2. The number of carboxylic acids is 1. The van der Waals surface area contributed by atoms with E-state index in [1.807, 2.05) is 0 Å². The van der Waals surface area contributed by atoms with Gasteiger partial charge in [0.05, 0.1) is 11.8 Å². The second-order valence-electron chi connectivity index (χ2n) is 2.66. The first-order valence-electron chi connectivity index (χ1n) is 3.87. The summed E-state index contributed by atoms with van der Waals surface area (Å²) in [4.78, 5) is 13.6. The molecule has 15 heavy (non-hydrogen) atoms. The SMILES string of the molecule is NCc1c(F)cnc(C(=O)O)c1C(F)F. The molecule has 0 radical (unpaired) electrons. The van der Waals surface area contributed by atoms with Crippen LogP contribution in [0.5, 0.6) is 0 Å². The summed E-state index contributed by atoms with van der Waals surface area (Å²) >= 11 is 0. The van der Waals surface area contributed by atoms with Crippen LogP contribution in [0.3, 0.4) is 0 Å². The maximum absolute atomic E-state index is 13.0. The molecule has 3 N–H and O–H groups in total. The number of aromatic nitrogens is 1. The predicted octanol–water partition coefficient (Wildman–Crippen LogP) is 1.32. The highest BCUT2D eigenvalue weighted by atomic mass is 19.3. The van der Waals surface area contributed by atoms with E-state index in [-0.39, 0.29) is 0 Å². The number of hydrogen-bond donors (Lipinski definition) is 2. The van der Waals surface area contributed by atoms with E-state index in [4.69, 9.17) is 10.8 Å². The van der Waals surface area contributed by atoms with Crippen LogP contribution in [0, 0.1) is 5.82 Å². The molecular weight excluding hydrogens is 213 g/mol. The van der Waals surface area contributed by atoms with E-state index in [1.165, 1.54) is 0 Å². The van der Waals surface area contributed by atoms with Gasteiger partial charge in [-0.25, -0.2) is 22.9 Å². The lowest BCUT2D eigenvalue weighted by atomic mass is 10.1. The maximum Gasteiger partial charge on any atom is 0.355 e. The molecule has 0 atom stereocenters. The van der Waals surface area contributed by atoms with Crippen LogP contribution in [0.25, 0.3) is 0 Å². The van der Waals surface area contributed by atoms with Crippen molar-refractivity contribution in [2.45, 2.75) is 13.0 Å². The molecule has 1 aromatic rings. The molecule has 0 bridgehead atoms. The Hall–Kier alpha value is -1.63. The van der Waals surface area contributed by atoms with Crippen molar-refractivity contribution in [3.63, 3.8) is 0 Å². The second kappa shape index (κ2) is 4.26. The van der Waals surface area contributed by atoms with Gasteiger partial charge < -0.3 is 10.8 Å². The molecule has 0 saturated heterocycles. The Bertz CT molecular complexity index is 396. The molecule has 0 aliphatic carbocycles. The molecule has 0 amide bonds. The Morgan fingerprint density at radius 3 is 2.60 bits per heavy atom. The Balaban J connectivity index is 3.49. The van der Waals surface area contributed by atoms with E-state index in [0.29, 0.717) is 6.20 Å². The quantitative estimate of drug-likeness (QED) is 0.805. The average Bonchev–Trinajstić information content (AvgIpc) is 2.16. The van der Waals surface area contributed by atoms with Gasteiger partial charge in [-0.1, -0.05) is 0 Å². The summed E-state index contributed by atoms with van der Waals surface area (Å²) in [6, 6.07) is 0. The largest absolute Gasteiger partial charge is 0.476 e. The number of hydrogen-bond acceptors (Lipinski definition) is 3. The van der Waals surface area contributed by atoms with E-state index >= 15 is 0 Å². The first-order chi connectivity index (χ1) is 6.99. The fourth-order valence-corrected chi connectivity index (χ4v) is 1.15. The Kier molecular flexibility index (Phi) is 3.25. The summed E-state index contributed by atoms with van der Waals surface area (Å²) in [6.45, 7) is -0.506.